The molecule has 4 nitrogen and oxygen atoms in total. The van der Waals surface area contributed by atoms with E-state index < -0.39 is 0 Å². The zero-order valence-electron chi connectivity index (χ0n) is 13.5. The Kier molecular flexibility index (Phi) is 6.33. The highest BCUT2D eigenvalue weighted by molar-refractivity contribution is 5.44. The number of nitrogens with zero attached hydrogens (tertiary/aromatic N) is 1. The lowest BCUT2D eigenvalue weighted by molar-refractivity contribution is 0.174. The highest BCUT2D eigenvalue weighted by atomic mass is 16.7. The second-order valence-corrected chi connectivity index (χ2v) is 6.09. The van der Waals surface area contributed by atoms with Crippen LogP contribution in [0.5, 0.6) is 11.5 Å². The second-order valence-electron chi connectivity index (χ2n) is 6.09. The molecular formula is C17H28N2O2. The van der Waals surface area contributed by atoms with Crippen LogP contribution in [0, 0.1) is 0 Å². The van der Waals surface area contributed by atoms with Crippen LogP contribution in [-0.4, -0.2) is 44.9 Å². The fourth-order valence-electron chi connectivity index (χ4n) is 2.48. The van der Waals surface area contributed by atoms with E-state index in [-0.39, 0.29) is 0 Å². The van der Waals surface area contributed by atoms with Gasteiger partial charge in [-0.1, -0.05) is 6.07 Å². The lowest BCUT2D eigenvalue weighted by atomic mass is 10.1. The summed E-state index contributed by atoms with van der Waals surface area (Å²) in [5.41, 5.74) is 1.32. The Hall–Kier alpha value is -1.26. The minimum atomic E-state index is 0.351. The lowest BCUT2D eigenvalue weighted by Crippen LogP contribution is -2.28. The van der Waals surface area contributed by atoms with Crippen LogP contribution in [-0.2, 0) is 6.42 Å². The highest BCUT2D eigenvalue weighted by Crippen LogP contribution is 2.32. The number of fused-ring (bicyclic) bond motifs is 1. The Bertz CT molecular complexity index is 435. The Balaban J connectivity index is 1.61. The third-order valence-electron chi connectivity index (χ3n) is 3.83. The zero-order chi connectivity index (χ0) is 15.1. The number of nitrogens with one attached hydrogen (secondary N) is 1. The average molecular weight is 292 g/mol. The van der Waals surface area contributed by atoms with Gasteiger partial charge in [0.1, 0.15) is 0 Å². The molecule has 0 aliphatic carbocycles. The van der Waals surface area contributed by atoms with Crippen molar-refractivity contribution >= 4 is 0 Å². The highest BCUT2D eigenvalue weighted by Gasteiger charge is 2.13. The molecule has 0 saturated heterocycles. The summed E-state index contributed by atoms with van der Waals surface area (Å²) in [6.45, 7) is 4.89. The zero-order valence-corrected chi connectivity index (χ0v) is 13.5. The van der Waals surface area contributed by atoms with E-state index in [4.69, 9.17) is 9.47 Å². The number of hydrogen-bond donors (Lipinski definition) is 1. The number of unbranched alkanes of at least 4 members (excludes halogenated alkanes) is 1. The van der Waals surface area contributed by atoms with Gasteiger partial charge in [-0.3, -0.25) is 0 Å². The smallest absolute Gasteiger partial charge is 0.231 e. The van der Waals surface area contributed by atoms with Crippen molar-refractivity contribution in [3.05, 3.63) is 23.8 Å². The second kappa shape index (κ2) is 8.25. The van der Waals surface area contributed by atoms with Crippen LogP contribution < -0.4 is 14.8 Å². The maximum Gasteiger partial charge on any atom is 0.231 e. The lowest BCUT2D eigenvalue weighted by Gasteiger charge is -2.14. The summed E-state index contributed by atoms with van der Waals surface area (Å²) < 4.78 is 10.7. The number of hydrogen-bond acceptors (Lipinski definition) is 4. The molecule has 1 aromatic rings. The molecule has 0 radical (unpaired) electrons. The molecular weight excluding hydrogens is 264 g/mol. The summed E-state index contributed by atoms with van der Waals surface area (Å²) in [7, 11) is 4.25. The fraction of sp³-hybridized carbons (Fsp3) is 0.647. The van der Waals surface area contributed by atoms with Crippen molar-refractivity contribution in [2.24, 2.45) is 0 Å². The standard InChI is InChI=1S/C17H28N2O2/c1-14(18-10-4-5-11-19(2)3)6-7-15-8-9-16-17(12-15)21-13-20-16/h8-9,12,14,18H,4-7,10-11,13H2,1-3H3. The molecule has 1 aromatic carbocycles. The molecule has 1 N–H and O–H groups in total. The number of benzene rings is 1. The van der Waals surface area contributed by atoms with E-state index in [1.54, 1.807) is 0 Å². The molecule has 118 valence electrons. The van der Waals surface area contributed by atoms with Crippen molar-refractivity contribution in [3.8, 4) is 11.5 Å². The average Bonchev–Trinajstić information content (AvgIpc) is 2.92. The van der Waals surface area contributed by atoms with Crippen molar-refractivity contribution in [3.63, 3.8) is 0 Å². The minimum Gasteiger partial charge on any atom is -0.454 e. The molecule has 1 aliphatic heterocycles. The Morgan fingerprint density at radius 1 is 1.19 bits per heavy atom. The molecule has 0 fully saturated rings. The van der Waals surface area contributed by atoms with Crippen molar-refractivity contribution in [1.29, 1.82) is 0 Å². The first-order valence-corrected chi connectivity index (χ1v) is 7.92. The molecule has 2 rings (SSSR count). The van der Waals surface area contributed by atoms with Gasteiger partial charge in [0, 0.05) is 6.04 Å². The Morgan fingerprint density at radius 3 is 2.81 bits per heavy atom. The molecule has 1 heterocycles. The van der Waals surface area contributed by atoms with Crippen LogP contribution in [0.3, 0.4) is 0 Å². The van der Waals surface area contributed by atoms with Gasteiger partial charge in [-0.2, -0.15) is 0 Å². The van der Waals surface area contributed by atoms with Crippen molar-refractivity contribution in [1.82, 2.24) is 10.2 Å². The number of rotatable bonds is 9. The van der Waals surface area contributed by atoms with Gasteiger partial charge in [-0.15, -0.1) is 0 Å². The summed E-state index contributed by atoms with van der Waals surface area (Å²) in [5, 5.41) is 3.60. The van der Waals surface area contributed by atoms with Gasteiger partial charge in [0.25, 0.3) is 0 Å². The van der Waals surface area contributed by atoms with Gasteiger partial charge < -0.3 is 19.7 Å². The third kappa shape index (κ3) is 5.56. The molecule has 1 unspecified atom stereocenters. The molecule has 0 spiro atoms. The predicted molar refractivity (Wildman–Crippen MR) is 86.1 cm³/mol. The summed E-state index contributed by atoms with van der Waals surface area (Å²) in [6, 6.07) is 6.80. The molecule has 0 bridgehead atoms. The van der Waals surface area contributed by atoms with Gasteiger partial charge in [0.15, 0.2) is 11.5 Å². The summed E-state index contributed by atoms with van der Waals surface area (Å²) in [4.78, 5) is 2.24. The molecule has 0 amide bonds. The maximum absolute atomic E-state index is 5.42. The summed E-state index contributed by atoms with van der Waals surface area (Å²) >= 11 is 0. The van der Waals surface area contributed by atoms with Crippen LogP contribution in [0.15, 0.2) is 18.2 Å². The van der Waals surface area contributed by atoms with Crippen LogP contribution in [0.1, 0.15) is 31.7 Å². The van der Waals surface area contributed by atoms with E-state index in [1.807, 2.05) is 6.07 Å². The van der Waals surface area contributed by atoms with Crippen molar-refractivity contribution < 1.29 is 9.47 Å². The monoisotopic (exact) mass is 292 g/mol. The number of aryl methyl sites for hydroxylation is 1. The fourth-order valence-corrected chi connectivity index (χ4v) is 2.48. The van der Waals surface area contributed by atoms with E-state index in [9.17, 15) is 0 Å². The van der Waals surface area contributed by atoms with Crippen LogP contribution >= 0.6 is 0 Å². The van der Waals surface area contributed by atoms with Crippen molar-refractivity contribution in [2.75, 3.05) is 34.0 Å². The molecule has 0 aromatic heterocycles. The van der Waals surface area contributed by atoms with Gasteiger partial charge >= 0.3 is 0 Å². The summed E-state index contributed by atoms with van der Waals surface area (Å²) in [5.74, 6) is 1.75. The first-order valence-electron chi connectivity index (χ1n) is 7.92. The topological polar surface area (TPSA) is 33.7 Å². The molecule has 1 aliphatic rings. The number of ether oxygens (including phenoxy) is 2. The Morgan fingerprint density at radius 2 is 2.00 bits per heavy atom. The largest absolute Gasteiger partial charge is 0.454 e. The van der Waals surface area contributed by atoms with E-state index in [0.717, 1.165) is 30.9 Å². The van der Waals surface area contributed by atoms with Crippen LogP contribution in [0.2, 0.25) is 0 Å². The van der Waals surface area contributed by atoms with E-state index in [0.29, 0.717) is 12.8 Å². The van der Waals surface area contributed by atoms with Gasteiger partial charge in [0.2, 0.25) is 6.79 Å². The molecule has 0 saturated carbocycles. The molecule has 4 heteroatoms. The Labute approximate surface area is 128 Å². The van der Waals surface area contributed by atoms with E-state index in [1.165, 1.54) is 24.9 Å². The van der Waals surface area contributed by atoms with Gasteiger partial charge in [-0.25, -0.2) is 0 Å². The van der Waals surface area contributed by atoms with E-state index >= 15 is 0 Å². The SMILES string of the molecule is CC(CCc1ccc2c(c1)OCO2)NCCCCN(C)C. The van der Waals surface area contributed by atoms with E-state index in [2.05, 4.69) is 43.4 Å². The van der Waals surface area contributed by atoms with Crippen LogP contribution in [0.4, 0.5) is 0 Å². The third-order valence-corrected chi connectivity index (χ3v) is 3.83. The molecule has 1 atom stereocenters. The first kappa shape index (κ1) is 16.1. The summed E-state index contributed by atoms with van der Waals surface area (Å²) in [6.07, 6.45) is 4.72. The van der Waals surface area contributed by atoms with Crippen molar-refractivity contribution in [2.45, 2.75) is 38.6 Å². The molecule has 21 heavy (non-hydrogen) atoms. The van der Waals surface area contributed by atoms with Crippen LogP contribution in [0.25, 0.3) is 0 Å². The predicted octanol–water partition coefficient (Wildman–Crippen LogP) is 2.67. The van der Waals surface area contributed by atoms with Gasteiger partial charge in [0.05, 0.1) is 0 Å². The minimum absolute atomic E-state index is 0.351. The quantitative estimate of drug-likeness (QED) is 0.710. The maximum atomic E-state index is 5.42. The van der Waals surface area contributed by atoms with Gasteiger partial charge in [-0.05, 0) is 77.5 Å². The first-order chi connectivity index (χ1) is 10.1. The normalized spacial score (nSPS) is 14.7.